The predicted molar refractivity (Wildman–Crippen MR) is 110 cm³/mol. The van der Waals surface area contributed by atoms with Crippen molar-refractivity contribution in [3.8, 4) is 5.69 Å². The Morgan fingerprint density at radius 2 is 1.97 bits per heavy atom. The van der Waals surface area contributed by atoms with Crippen LogP contribution in [0.15, 0.2) is 36.8 Å². The van der Waals surface area contributed by atoms with Gasteiger partial charge in [0.2, 0.25) is 0 Å². The lowest BCUT2D eigenvalue weighted by Gasteiger charge is -2.59. The summed E-state index contributed by atoms with van der Waals surface area (Å²) >= 11 is 6.27. The van der Waals surface area contributed by atoms with E-state index >= 15 is 0 Å². The van der Waals surface area contributed by atoms with E-state index in [2.05, 4.69) is 53.7 Å². The predicted octanol–water partition coefficient (Wildman–Crippen LogP) is 3.04. The van der Waals surface area contributed by atoms with Crippen molar-refractivity contribution in [1.29, 1.82) is 0 Å². The molecular weight excluding hydrogens is 386 g/mol. The van der Waals surface area contributed by atoms with Gasteiger partial charge in [-0.1, -0.05) is 11.6 Å². The van der Waals surface area contributed by atoms with Gasteiger partial charge in [0.1, 0.15) is 11.6 Å². The second-order valence-corrected chi connectivity index (χ2v) is 9.22. The second kappa shape index (κ2) is 6.24. The molecule has 1 saturated heterocycles. The highest BCUT2D eigenvalue weighted by molar-refractivity contribution is 6.30. The minimum atomic E-state index is 0.388. The van der Waals surface area contributed by atoms with E-state index < -0.39 is 0 Å². The molecule has 0 amide bonds. The fourth-order valence-corrected chi connectivity index (χ4v) is 5.45. The first kappa shape index (κ1) is 17.4. The lowest BCUT2D eigenvalue weighted by Crippen LogP contribution is -2.62. The number of halogens is 1. The van der Waals surface area contributed by atoms with E-state index in [1.807, 2.05) is 12.3 Å². The zero-order chi connectivity index (χ0) is 19.6. The molecule has 2 fully saturated rings. The van der Waals surface area contributed by atoms with Crippen LogP contribution in [0.5, 0.6) is 0 Å². The number of benzene rings is 1. The van der Waals surface area contributed by atoms with Gasteiger partial charge >= 0.3 is 0 Å². The standard InChI is InChI=1S/C21H22ClN7/c1-27-10-14-6-16(22)2-3-17(14)29-19(11-27)25-26-20(29)15-7-21(8-15)12-28(13-21)18-9-23-4-5-24-18/h2-6,9,15H,7-8,10-13H2,1H3. The topological polar surface area (TPSA) is 63.0 Å². The second-order valence-electron chi connectivity index (χ2n) is 8.78. The van der Waals surface area contributed by atoms with Gasteiger partial charge in [0, 0.05) is 48.4 Å². The van der Waals surface area contributed by atoms with Crippen molar-refractivity contribution in [1.82, 2.24) is 29.6 Å². The van der Waals surface area contributed by atoms with E-state index in [9.17, 15) is 0 Å². The summed E-state index contributed by atoms with van der Waals surface area (Å²) in [7, 11) is 2.11. The zero-order valence-corrected chi connectivity index (χ0v) is 17.0. The van der Waals surface area contributed by atoms with Gasteiger partial charge in [-0.2, -0.15) is 0 Å². The van der Waals surface area contributed by atoms with Crippen LogP contribution in [0.4, 0.5) is 5.82 Å². The smallest absolute Gasteiger partial charge is 0.151 e. The van der Waals surface area contributed by atoms with Crippen molar-refractivity contribution in [2.24, 2.45) is 5.41 Å². The van der Waals surface area contributed by atoms with E-state index in [0.29, 0.717) is 11.3 Å². The largest absolute Gasteiger partial charge is 0.354 e. The fraction of sp³-hybridized carbons (Fsp3) is 0.429. The molecule has 29 heavy (non-hydrogen) atoms. The van der Waals surface area contributed by atoms with E-state index in [4.69, 9.17) is 11.6 Å². The number of anilines is 1. The molecule has 0 bridgehead atoms. The molecule has 2 aromatic heterocycles. The molecule has 0 radical (unpaired) electrons. The Hall–Kier alpha value is -2.51. The molecular formula is C21H22ClN7. The summed E-state index contributed by atoms with van der Waals surface area (Å²) in [4.78, 5) is 13.2. The summed E-state index contributed by atoms with van der Waals surface area (Å²) in [6, 6.07) is 6.15. The Kier molecular flexibility index (Phi) is 3.74. The Balaban J connectivity index is 1.25. The lowest BCUT2D eigenvalue weighted by molar-refractivity contribution is 0.0581. The van der Waals surface area contributed by atoms with Crippen molar-refractivity contribution in [2.45, 2.75) is 31.8 Å². The summed E-state index contributed by atoms with van der Waals surface area (Å²) < 4.78 is 2.28. The van der Waals surface area contributed by atoms with Crippen LogP contribution in [0, 0.1) is 5.41 Å². The number of nitrogens with zero attached hydrogens (tertiary/aromatic N) is 7. The molecule has 148 valence electrons. The van der Waals surface area contributed by atoms with Gasteiger partial charge in [0.05, 0.1) is 18.4 Å². The SMILES string of the molecule is CN1Cc2cc(Cl)ccc2-n2c(nnc2C2CC3(C2)CN(c2cnccn2)C3)C1. The average molecular weight is 408 g/mol. The third kappa shape index (κ3) is 2.75. The highest BCUT2D eigenvalue weighted by Gasteiger charge is 2.54. The summed E-state index contributed by atoms with van der Waals surface area (Å²) in [6.07, 6.45) is 7.63. The average Bonchev–Trinajstić information content (AvgIpc) is 2.97. The van der Waals surface area contributed by atoms with E-state index in [1.54, 1.807) is 12.4 Å². The first-order valence-corrected chi connectivity index (χ1v) is 10.4. The molecule has 8 heteroatoms. The van der Waals surface area contributed by atoms with E-state index in [-0.39, 0.29) is 0 Å². The molecule has 0 atom stereocenters. The summed E-state index contributed by atoms with van der Waals surface area (Å²) in [6.45, 7) is 3.76. The highest BCUT2D eigenvalue weighted by atomic mass is 35.5. The van der Waals surface area contributed by atoms with Gasteiger partial charge in [0.15, 0.2) is 5.82 Å². The van der Waals surface area contributed by atoms with E-state index in [1.165, 1.54) is 11.3 Å². The summed E-state index contributed by atoms with van der Waals surface area (Å²) in [5.74, 6) is 3.54. The number of fused-ring (bicyclic) bond motifs is 3. The van der Waals surface area contributed by atoms with Crippen LogP contribution >= 0.6 is 11.6 Å². The third-order valence-electron chi connectivity index (χ3n) is 6.54. The molecule has 7 nitrogen and oxygen atoms in total. The summed E-state index contributed by atoms with van der Waals surface area (Å²) in [5.41, 5.74) is 2.79. The summed E-state index contributed by atoms with van der Waals surface area (Å²) in [5, 5.41) is 9.97. The van der Waals surface area contributed by atoms with E-state index in [0.717, 1.165) is 61.5 Å². The van der Waals surface area contributed by atoms with Gasteiger partial charge in [-0.15, -0.1) is 10.2 Å². The van der Waals surface area contributed by atoms with Crippen LogP contribution in [0.2, 0.25) is 5.02 Å². The molecule has 6 rings (SSSR count). The fourth-order valence-electron chi connectivity index (χ4n) is 5.25. The number of hydrogen-bond donors (Lipinski definition) is 0. The maximum absolute atomic E-state index is 6.27. The van der Waals surface area contributed by atoms with Gasteiger partial charge < -0.3 is 4.90 Å². The number of aromatic nitrogens is 5. The first-order chi connectivity index (χ1) is 14.1. The number of rotatable bonds is 2. The van der Waals surface area contributed by atoms with Crippen molar-refractivity contribution in [2.75, 3.05) is 25.0 Å². The van der Waals surface area contributed by atoms with Crippen LogP contribution in [0.1, 0.15) is 36.0 Å². The third-order valence-corrected chi connectivity index (χ3v) is 6.77. The molecule has 2 aliphatic heterocycles. The first-order valence-electron chi connectivity index (χ1n) is 10.0. The molecule has 3 aromatic rings. The highest BCUT2D eigenvalue weighted by Crippen LogP contribution is 2.56. The quantitative estimate of drug-likeness (QED) is 0.650. The van der Waals surface area contributed by atoms with Crippen LogP contribution in [0.25, 0.3) is 5.69 Å². The minimum absolute atomic E-state index is 0.388. The normalized spacial score (nSPS) is 20.6. The molecule has 3 aliphatic rings. The van der Waals surface area contributed by atoms with Crippen molar-refractivity contribution < 1.29 is 0 Å². The van der Waals surface area contributed by atoms with Crippen molar-refractivity contribution in [3.05, 3.63) is 59.0 Å². The Bertz CT molecular complexity index is 1070. The Morgan fingerprint density at radius 1 is 1.10 bits per heavy atom. The van der Waals surface area contributed by atoms with Gasteiger partial charge in [-0.3, -0.25) is 14.5 Å². The van der Waals surface area contributed by atoms with Crippen LogP contribution in [-0.2, 0) is 13.1 Å². The van der Waals surface area contributed by atoms with Crippen molar-refractivity contribution >= 4 is 17.4 Å². The monoisotopic (exact) mass is 407 g/mol. The van der Waals surface area contributed by atoms with Gasteiger partial charge in [-0.05, 0) is 43.7 Å². The maximum atomic E-state index is 6.27. The molecule has 0 N–H and O–H groups in total. The molecule has 1 saturated carbocycles. The lowest BCUT2D eigenvalue weighted by atomic mass is 9.57. The number of hydrogen-bond acceptors (Lipinski definition) is 6. The molecule has 0 unspecified atom stereocenters. The minimum Gasteiger partial charge on any atom is -0.354 e. The Morgan fingerprint density at radius 3 is 2.76 bits per heavy atom. The van der Waals surface area contributed by atoms with Crippen LogP contribution in [-0.4, -0.2) is 49.8 Å². The molecule has 1 aliphatic carbocycles. The molecule has 4 heterocycles. The van der Waals surface area contributed by atoms with Gasteiger partial charge in [0.25, 0.3) is 0 Å². The van der Waals surface area contributed by atoms with Crippen molar-refractivity contribution in [3.63, 3.8) is 0 Å². The maximum Gasteiger partial charge on any atom is 0.151 e. The molecule has 1 spiro atoms. The van der Waals surface area contributed by atoms with Crippen LogP contribution in [0.3, 0.4) is 0 Å². The molecule has 1 aromatic carbocycles. The zero-order valence-electron chi connectivity index (χ0n) is 16.3. The van der Waals surface area contributed by atoms with Gasteiger partial charge in [-0.25, -0.2) is 4.98 Å². The Labute approximate surface area is 174 Å². The van der Waals surface area contributed by atoms with Crippen LogP contribution < -0.4 is 4.90 Å².